The van der Waals surface area contributed by atoms with E-state index >= 15 is 0 Å². The van der Waals surface area contributed by atoms with Crippen molar-refractivity contribution in [3.63, 3.8) is 0 Å². The van der Waals surface area contributed by atoms with E-state index in [-0.39, 0.29) is 6.54 Å². The first-order valence-corrected chi connectivity index (χ1v) is 8.78. The fraction of sp³-hybridized carbons (Fsp3) is 0.167. The molecule has 5 heteroatoms. The number of hydrogen-bond acceptors (Lipinski definition) is 3. The first-order chi connectivity index (χ1) is 11.0. The summed E-state index contributed by atoms with van der Waals surface area (Å²) in [6.45, 7) is 2.09. The van der Waals surface area contributed by atoms with Crippen molar-refractivity contribution in [1.82, 2.24) is 9.29 Å². The lowest BCUT2D eigenvalue weighted by Gasteiger charge is -2.18. The van der Waals surface area contributed by atoms with E-state index in [0.29, 0.717) is 4.90 Å². The summed E-state index contributed by atoms with van der Waals surface area (Å²) in [5.74, 6) is 0. The largest absolute Gasteiger partial charge is 0.256 e. The molecule has 0 unspecified atom stereocenters. The van der Waals surface area contributed by atoms with Crippen molar-refractivity contribution >= 4 is 20.9 Å². The molecular weight excluding hydrogens is 308 g/mol. The average Bonchev–Trinajstić information content (AvgIpc) is 2.55. The molecule has 0 aliphatic carbocycles. The predicted molar refractivity (Wildman–Crippen MR) is 91.6 cm³/mol. The van der Waals surface area contributed by atoms with Gasteiger partial charge in [-0.2, -0.15) is 4.31 Å². The van der Waals surface area contributed by atoms with Gasteiger partial charge in [0.05, 0.1) is 10.4 Å². The van der Waals surface area contributed by atoms with Crippen LogP contribution in [0.5, 0.6) is 0 Å². The third-order valence-electron chi connectivity index (χ3n) is 3.83. The summed E-state index contributed by atoms with van der Waals surface area (Å²) in [6.07, 6.45) is 1.73. The summed E-state index contributed by atoms with van der Waals surface area (Å²) in [4.78, 5) is 4.73. The Morgan fingerprint density at radius 1 is 1.04 bits per heavy atom. The summed E-state index contributed by atoms with van der Waals surface area (Å²) in [6, 6.07) is 16.8. The Morgan fingerprint density at radius 2 is 1.74 bits per heavy atom. The fourth-order valence-corrected chi connectivity index (χ4v) is 3.94. The van der Waals surface area contributed by atoms with Gasteiger partial charge in [0, 0.05) is 25.2 Å². The monoisotopic (exact) mass is 326 g/mol. The van der Waals surface area contributed by atoms with Crippen molar-refractivity contribution in [1.29, 1.82) is 0 Å². The molecule has 0 N–H and O–H groups in total. The Kier molecular flexibility index (Phi) is 4.15. The van der Waals surface area contributed by atoms with Crippen molar-refractivity contribution < 1.29 is 8.42 Å². The molecule has 0 spiro atoms. The highest BCUT2D eigenvalue weighted by Gasteiger charge is 2.22. The van der Waals surface area contributed by atoms with Gasteiger partial charge in [0.15, 0.2) is 0 Å². The van der Waals surface area contributed by atoms with Gasteiger partial charge in [-0.25, -0.2) is 8.42 Å². The zero-order valence-corrected chi connectivity index (χ0v) is 13.9. The summed E-state index contributed by atoms with van der Waals surface area (Å²) >= 11 is 0. The van der Waals surface area contributed by atoms with Gasteiger partial charge in [-0.15, -0.1) is 0 Å². The first kappa shape index (κ1) is 15.6. The molecule has 3 aromatic rings. The lowest BCUT2D eigenvalue weighted by molar-refractivity contribution is 0.466. The van der Waals surface area contributed by atoms with Gasteiger partial charge in [0.2, 0.25) is 10.0 Å². The number of sulfonamides is 1. The van der Waals surface area contributed by atoms with Crippen LogP contribution in [0.2, 0.25) is 0 Å². The fourth-order valence-electron chi connectivity index (χ4n) is 2.56. The molecule has 118 valence electrons. The number of aryl methyl sites for hydroxylation is 1. The van der Waals surface area contributed by atoms with Gasteiger partial charge in [-0.05, 0) is 36.2 Å². The van der Waals surface area contributed by atoms with Crippen LogP contribution in [0, 0.1) is 6.92 Å². The smallest absolute Gasteiger partial charge is 0.243 e. The third kappa shape index (κ3) is 3.11. The van der Waals surface area contributed by atoms with Crippen LogP contribution in [-0.4, -0.2) is 24.8 Å². The lowest BCUT2D eigenvalue weighted by atomic mass is 10.1. The van der Waals surface area contributed by atoms with Crippen LogP contribution in [0.15, 0.2) is 65.7 Å². The van der Waals surface area contributed by atoms with Gasteiger partial charge in [-0.1, -0.05) is 36.4 Å². The van der Waals surface area contributed by atoms with Gasteiger partial charge in [0.1, 0.15) is 0 Å². The molecule has 3 rings (SSSR count). The minimum absolute atomic E-state index is 0.286. The molecule has 4 nitrogen and oxygen atoms in total. The van der Waals surface area contributed by atoms with Gasteiger partial charge < -0.3 is 0 Å². The molecule has 0 saturated heterocycles. The van der Waals surface area contributed by atoms with E-state index in [4.69, 9.17) is 0 Å². The molecule has 0 fully saturated rings. The van der Waals surface area contributed by atoms with E-state index in [0.717, 1.165) is 22.0 Å². The minimum Gasteiger partial charge on any atom is -0.256 e. The maximum atomic E-state index is 12.7. The molecule has 2 aromatic carbocycles. The lowest BCUT2D eigenvalue weighted by Crippen LogP contribution is -2.27. The number of hydrogen-bond donors (Lipinski definition) is 0. The number of aromatic nitrogens is 1. The van der Waals surface area contributed by atoms with E-state index in [9.17, 15) is 8.42 Å². The molecule has 0 bridgehead atoms. The Balaban J connectivity index is 1.90. The Morgan fingerprint density at radius 3 is 2.52 bits per heavy atom. The second kappa shape index (κ2) is 6.10. The van der Waals surface area contributed by atoms with Crippen LogP contribution < -0.4 is 0 Å². The minimum atomic E-state index is -3.52. The van der Waals surface area contributed by atoms with E-state index in [1.165, 1.54) is 4.31 Å². The predicted octanol–water partition coefficient (Wildman–Crippen LogP) is 3.36. The van der Waals surface area contributed by atoms with Gasteiger partial charge in [0.25, 0.3) is 0 Å². The number of benzene rings is 2. The number of para-hydroxylation sites is 1. The second-order valence-electron chi connectivity index (χ2n) is 5.56. The van der Waals surface area contributed by atoms with E-state index < -0.39 is 10.0 Å². The second-order valence-corrected chi connectivity index (χ2v) is 7.58. The average molecular weight is 326 g/mol. The first-order valence-electron chi connectivity index (χ1n) is 7.34. The van der Waals surface area contributed by atoms with Crippen LogP contribution in [0.1, 0.15) is 11.1 Å². The Hall–Kier alpha value is -2.24. The number of rotatable bonds is 4. The maximum absolute atomic E-state index is 12.7. The van der Waals surface area contributed by atoms with Crippen molar-refractivity contribution in [3.8, 4) is 0 Å². The molecule has 23 heavy (non-hydrogen) atoms. The number of fused-ring (bicyclic) bond motifs is 1. The van der Waals surface area contributed by atoms with Crippen LogP contribution in [0.25, 0.3) is 10.9 Å². The topological polar surface area (TPSA) is 50.3 Å². The van der Waals surface area contributed by atoms with Crippen LogP contribution >= 0.6 is 0 Å². The normalized spacial score (nSPS) is 12.0. The van der Waals surface area contributed by atoms with Crippen LogP contribution in [0.3, 0.4) is 0 Å². The van der Waals surface area contributed by atoms with Crippen molar-refractivity contribution in [2.45, 2.75) is 18.4 Å². The third-order valence-corrected chi connectivity index (χ3v) is 5.80. The molecule has 0 amide bonds. The van der Waals surface area contributed by atoms with E-state index in [1.54, 1.807) is 38.4 Å². The highest BCUT2D eigenvalue weighted by Crippen LogP contribution is 2.21. The summed E-state index contributed by atoms with van der Waals surface area (Å²) in [5.41, 5.74) is 2.51. The molecule has 1 heterocycles. The highest BCUT2D eigenvalue weighted by molar-refractivity contribution is 7.89. The molecule has 1 aromatic heterocycles. The van der Waals surface area contributed by atoms with Crippen molar-refractivity contribution in [3.05, 3.63) is 71.9 Å². The standard InChI is InChI=1S/C18H18N2O2S/c1-14-7-3-6-10-18(14)23(21,22)20(2)13-15-11-16-8-4-5-9-17(16)19-12-15/h3-12H,13H2,1-2H3. The summed E-state index contributed by atoms with van der Waals surface area (Å²) < 4.78 is 26.8. The van der Waals surface area contributed by atoms with Gasteiger partial charge in [-0.3, -0.25) is 4.98 Å². The van der Waals surface area contributed by atoms with Crippen molar-refractivity contribution in [2.24, 2.45) is 0 Å². The number of pyridine rings is 1. The zero-order valence-electron chi connectivity index (χ0n) is 13.1. The Bertz CT molecular complexity index is 952. The highest BCUT2D eigenvalue weighted by atomic mass is 32.2. The van der Waals surface area contributed by atoms with E-state index in [2.05, 4.69) is 4.98 Å². The molecule has 0 aliphatic heterocycles. The summed E-state index contributed by atoms with van der Waals surface area (Å²) in [5, 5.41) is 1.01. The maximum Gasteiger partial charge on any atom is 0.243 e. The molecule has 0 aliphatic rings. The number of nitrogens with zero attached hydrogens (tertiary/aromatic N) is 2. The Labute approximate surface area is 136 Å². The van der Waals surface area contributed by atoms with E-state index in [1.807, 2.05) is 36.4 Å². The zero-order chi connectivity index (χ0) is 16.4. The van der Waals surface area contributed by atoms with Crippen molar-refractivity contribution in [2.75, 3.05) is 7.05 Å². The van der Waals surface area contributed by atoms with Crippen LogP contribution in [-0.2, 0) is 16.6 Å². The molecular formula is C18H18N2O2S. The van der Waals surface area contributed by atoms with Gasteiger partial charge >= 0.3 is 0 Å². The molecule has 0 radical (unpaired) electrons. The van der Waals surface area contributed by atoms with Crippen LogP contribution in [0.4, 0.5) is 0 Å². The quantitative estimate of drug-likeness (QED) is 0.738. The summed E-state index contributed by atoms with van der Waals surface area (Å²) in [7, 11) is -1.92. The molecule has 0 atom stereocenters. The molecule has 0 saturated carbocycles. The SMILES string of the molecule is Cc1ccccc1S(=O)(=O)N(C)Cc1cnc2ccccc2c1.